The molecule has 6 heteroatoms. The van der Waals surface area contributed by atoms with E-state index in [9.17, 15) is 9.59 Å². The van der Waals surface area contributed by atoms with Crippen LogP contribution < -0.4 is 5.32 Å². The molecule has 3 rings (SSSR count). The summed E-state index contributed by atoms with van der Waals surface area (Å²) in [6.45, 7) is 4.00. The number of carbonyl (C=O) groups excluding carboxylic acids is 2. The van der Waals surface area contributed by atoms with Crippen molar-refractivity contribution < 1.29 is 9.59 Å². The van der Waals surface area contributed by atoms with Crippen LogP contribution in [0.25, 0.3) is 0 Å². The van der Waals surface area contributed by atoms with Gasteiger partial charge in [-0.1, -0.05) is 12.8 Å². The number of likely N-dealkylation sites (tertiary alicyclic amines) is 1. The maximum atomic E-state index is 12.6. The first-order chi connectivity index (χ1) is 9.99. The van der Waals surface area contributed by atoms with Crippen molar-refractivity contribution in [3.63, 3.8) is 0 Å². The Morgan fingerprint density at radius 2 is 2.05 bits per heavy atom. The predicted molar refractivity (Wildman–Crippen MR) is 80.8 cm³/mol. The standard InChI is InChI=1S/C15H21N3O2S/c1-15(2,14-16-7-8-21-14)17-11-9-12(19)18(13(11)20)10-5-3-4-6-10/h7-8,10-11,17H,3-6,9H2,1-2H3. The second-order valence-corrected chi connectivity index (χ2v) is 7.30. The summed E-state index contributed by atoms with van der Waals surface area (Å²) in [5, 5.41) is 6.18. The smallest absolute Gasteiger partial charge is 0.247 e. The van der Waals surface area contributed by atoms with Crippen LogP contribution in [-0.4, -0.2) is 33.8 Å². The van der Waals surface area contributed by atoms with Crippen molar-refractivity contribution in [3.8, 4) is 0 Å². The molecule has 0 spiro atoms. The molecule has 1 aliphatic carbocycles. The van der Waals surface area contributed by atoms with Gasteiger partial charge in [0.05, 0.1) is 18.0 Å². The summed E-state index contributed by atoms with van der Waals surface area (Å²) in [4.78, 5) is 30.6. The fourth-order valence-electron chi connectivity index (χ4n) is 3.34. The lowest BCUT2D eigenvalue weighted by atomic mass is 10.0. The number of nitrogens with one attached hydrogen (secondary N) is 1. The van der Waals surface area contributed by atoms with Gasteiger partial charge in [0, 0.05) is 17.6 Å². The van der Waals surface area contributed by atoms with Crippen LogP contribution in [0.3, 0.4) is 0 Å². The van der Waals surface area contributed by atoms with Crippen LogP contribution in [0, 0.1) is 0 Å². The van der Waals surface area contributed by atoms with Gasteiger partial charge in [-0.15, -0.1) is 11.3 Å². The molecule has 1 aromatic heterocycles. The maximum Gasteiger partial charge on any atom is 0.247 e. The van der Waals surface area contributed by atoms with Crippen LogP contribution in [0.5, 0.6) is 0 Å². The molecular weight excluding hydrogens is 286 g/mol. The van der Waals surface area contributed by atoms with Gasteiger partial charge in [-0.3, -0.25) is 19.8 Å². The lowest BCUT2D eigenvalue weighted by molar-refractivity contribution is -0.141. The maximum absolute atomic E-state index is 12.6. The molecule has 1 N–H and O–H groups in total. The van der Waals surface area contributed by atoms with E-state index in [4.69, 9.17) is 0 Å². The van der Waals surface area contributed by atoms with E-state index in [0.29, 0.717) is 0 Å². The fraction of sp³-hybridized carbons (Fsp3) is 0.667. The van der Waals surface area contributed by atoms with E-state index in [1.807, 2.05) is 19.2 Å². The molecule has 2 aliphatic rings. The number of amides is 2. The second kappa shape index (κ2) is 5.50. The quantitative estimate of drug-likeness (QED) is 0.865. The number of imide groups is 1. The van der Waals surface area contributed by atoms with Crippen molar-refractivity contribution in [2.24, 2.45) is 0 Å². The van der Waals surface area contributed by atoms with E-state index in [-0.39, 0.29) is 24.3 Å². The molecule has 2 heterocycles. The van der Waals surface area contributed by atoms with E-state index in [2.05, 4.69) is 10.3 Å². The third-order valence-corrected chi connectivity index (χ3v) is 5.47. The highest BCUT2D eigenvalue weighted by Crippen LogP contribution is 2.30. The molecule has 114 valence electrons. The Bertz CT molecular complexity index is 535. The zero-order valence-electron chi connectivity index (χ0n) is 12.5. The summed E-state index contributed by atoms with van der Waals surface area (Å²) < 4.78 is 0. The summed E-state index contributed by atoms with van der Waals surface area (Å²) in [6, 6.07) is -0.295. The molecule has 2 amide bonds. The van der Waals surface area contributed by atoms with Crippen molar-refractivity contribution in [2.45, 2.75) is 63.6 Å². The highest BCUT2D eigenvalue weighted by molar-refractivity contribution is 7.09. The minimum absolute atomic E-state index is 0.0284. The average molecular weight is 307 g/mol. The molecule has 1 saturated heterocycles. The molecular formula is C15H21N3O2S. The van der Waals surface area contributed by atoms with E-state index >= 15 is 0 Å². The highest BCUT2D eigenvalue weighted by Gasteiger charge is 2.45. The molecule has 2 fully saturated rings. The van der Waals surface area contributed by atoms with E-state index in [1.54, 1.807) is 17.5 Å². The first kappa shape index (κ1) is 14.7. The van der Waals surface area contributed by atoms with Gasteiger partial charge in [0.25, 0.3) is 0 Å². The minimum atomic E-state index is -0.419. The number of carbonyl (C=O) groups is 2. The van der Waals surface area contributed by atoms with Crippen LogP contribution in [0.15, 0.2) is 11.6 Å². The van der Waals surface area contributed by atoms with Gasteiger partial charge in [0.15, 0.2) is 0 Å². The number of hydrogen-bond donors (Lipinski definition) is 1. The van der Waals surface area contributed by atoms with Gasteiger partial charge in [-0.2, -0.15) is 0 Å². The van der Waals surface area contributed by atoms with Gasteiger partial charge in [0.2, 0.25) is 11.8 Å². The Labute approximate surface area is 128 Å². The number of aromatic nitrogens is 1. The first-order valence-electron chi connectivity index (χ1n) is 7.52. The van der Waals surface area contributed by atoms with Gasteiger partial charge in [-0.05, 0) is 26.7 Å². The Morgan fingerprint density at radius 3 is 2.67 bits per heavy atom. The van der Waals surface area contributed by atoms with Crippen molar-refractivity contribution >= 4 is 23.2 Å². The largest absolute Gasteiger partial charge is 0.294 e. The summed E-state index contributed by atoms with van der Waals surface area (Å²) in [7, 11) is 0. The summed E-state index contributed by atoms with van der Waals surface area (Å²) in [5.74, 6) is -0.0872. The Balaban J connectivity index is 1.72. The van der Waals surface area contributed by atoms with E-state index in [0.717, 1.165) is 30.7 Å². The molecule has 1 unspecified atom stereocenters. The molecule has 0 radical (unpaired) electrons. The van der Waals surface area contributed by atoms with Crippen LogP contribution in [0.1, 0.15) is 51.0 Å². The first-order valence-corrected chi connectivity index (χ1v) is 8.40. The summed E-state index contributed by atoms with van der Waals surface area (Å²) in [5.41, 5.74) is -0.402. The number of hydrogen-bond acceptors (Lipinski definition) is 5. The molecule has 1 atom stereocenters. The SMILES string of the molecule is CC(C)(NC1CC(=O)N(C2CCCC2)C1=O)c1nccs1. The van der Waals surface area contributed by atoms with Gasteiger partial charge >= 0.3 is 0 Å². The van der Waals surface area contributed by atoms with Gasteiger partial charge < -0.3 is 0 Å². The molecule has 0 aromatic carbocycles. The van der Waals surface area contributed by atoms with Crippen LogP contribution in [0.2, 0.25) is 0 Å². The Morgan fingerprint density at radius 1 is 1.33 bits per heavy atom. The van der Waals surface area contributed by atoms with Crippen molar-refractivity contribution in [2.75, 3.05) is 0 Å². The topological polar surface area (TPSA) is 62.3 Å². The van der Waals surface area contributed by atoms with Crippen molar-refractivity contribution in [1.82, 2.24) is 15.2 Å². The van der Waals surface area contributed by atoms with Crippen molar-refractivity contribution in [1.29, 1.82) is 0 Å². The van der Waals surface area contributed by atoms with E-state index < -0.39 is 11.6 Å². The highest BCUT2D eigenvalue weighted by atomic mass is 32.1. The normalized spacial score (nSPS) is 24.3. The fourth-order valence-corrected chi connectivity index (χ4v) is 4.07. The third-order valence-electron chi connectivity index (χ3n) is 4.37. The molecule has 1 aliphatic heterocycles. The zero-order valence-corrected chi connectivity index (χ0v) is 13.3. The third kappa shape index (κ3) is 2.74. The molecule has 5 nitrogen and oxygen atoms in total. The molecule has 0 bridgehead atoms. The lowest BCUT2D eigenvalue weighted by Crippen LogP contribution is -2.49. The van der Waals surface area contributed by atoms with Gasteiger partial charge in [0.1, 0.15) is 5.01 Å². The lowest BCUT2D eigenvalue weighted by Gasteiger charge is -2.28. The monoisotopic (exact) mass is 307 g/mol. The van der Waals surface area contributed by atoms with Crippen molar-refractivity contribution in [3.05, 3.63) is 16.6 Å². The average Bonchev–Trinajstić information content (AvgIpc) is 3.13. The van der Waals surface area contributed by atoms with Crippen LogP contribution >= 0.6 is 11.3 Å². The van der Waals surface area contributed by atoms with Crippen LogP contribution in [-0.2, 0) is 15.1 Å². The Kier molecular flexibility index (Phi) is 3.84. The minimum Gasteiger partial charge on any atom is -0.294 e. The summed E-state index contributed by atoms with van der Waals surface area (Å²) in [6.07, 6.45) is 6.18. The number of thiazole rings is 1. The number of rotatable bonds is 4. The van der Waals surface area contributed by atoms with Gasteiger partial charge in [-0.25, -0.2) is 4.98 Å². The predicted octanol–water partition coefficient (Wildman–Crippen LogP) is 2.04. The molecule has 21 heavy (non-hydrogen) atoms. The Hall–Kier alpha value is -1.27. The second-order valence-electron chi connectivity index (χ2n) is 6.40. The van der Waals surface area contributed by atoms with E-state index in [1.165, 1.54) is 4.90 Å². The molecule has 1 aromatic rings. The van der Waals surface area contributed by atoms with Crippen LogP contribution in [0.4, 0.5) is 0 Å². The summed E-state index contributed by atoms with van der Waals surface area (Å²) >= 11 is 1.56. The number of nitrogens with zero attached hydrogens (tertiary/aromatic N) is 2. The zero-order chi connectivity index (χ0) is 15.0. The molecule has 1 saturated carbocycles.